The fourth-order valence-corrected chi connectivity index (χ4v) is 2.22. The van der Waals surface area contributed by atoms with Crippen molar-refractivity contribution in [3.05, 3.63) is 44.6 Å². The summed E-state index contributed by atoms with van der Waals surface area (Å²) < 4.78 is 1.38. The maximum atomic E-state index is 11.2. The molecule has 0 spiro atoms. The highest BCUT2D eigenvalue weighted by atomic mass is 32.2. The van der Waals surface area contributed by atoms with Gasteiger partial charge in [-0.2, -0.15) is 4.98 Å². The van der Waals surface area contributed by atoms with E-state index in [0.29, 0.717) is 10.2 Å². The van der Waals surface area contributed by atoms with Crippen molar-refractivity contribution in [2.75, 3.05) is 0 Å². The van der Waals surface area contributed by atoms with Crippen LogP contribution in [0.25, 0.3) is 0 Å². The molecular weight excluding hydrogens is 266 g/mol. The summed E-state index contributed by atoms with van der Waals surface area (Å²) in [5.41, 5.74) is 5.17. The van der Waals surface area contributed by atoms with Crippen LogP contribution in [0.4, 0.5) is 0 Å². The molecule has 0 radical (unpaired) electrons. The normalized spacial score (nSPS) is 12.4. The van der Waals surface area contributed by atoms with Crippen molar-refractivity contribution in [1.29, 1.82) is 0 Å². The molecule has 2 heterocycles. The maximum Gasteiger partial charge on any atom is 0.339 e. The van der Waals surface area contributed by atoms with Crippen LogP contribution in [0.3, 0.4) is 0 Å². The third-order valence-electron chi connectivity index (χ3n) is 2.43. The molecule has 0 amide bonds. The lowest BCUT2D eigenvalue weighted by molar-refractivity contribution is 0.596. The molecule has 0 saturated carbocycles. The van der Waals surface area contributed by atoms with Crippen molar-refractivity contribution in [1.82, 2.24) is 19.7 Å². The Morgan fingerprint density at radius 2 is 2.21 bits per heavy atom. The molecule has 0 bridgehead atoms. The number of nitrogens with zero attached hydrogens (tertiary/aromatic N) is 3. The smallest absolute Gasteiger partial charge is 0.324 e. The lowest BCUT2D eigenvalue weighted by atomic mass is 10.1. The summed E-state index contributed by atoms with van der Waals surface area (Å²) in [6.07, 6.45) is 1.64. The van der Waals surface area contributed by atoms with Crippen molar-refractivity contribution in [2.24, 2.45) is 12.8 Å². The van der Waals surface area contributed by atoms with Gasteiger partial charge in [0.25, 0.3) is 0 Å². The number of nitrogens with two attached hydrogens (primary N) is 1. The molecule has 19 heavy (non-hydrogen) atoms. The van der Waals surface area contributed by atoms with Gasteiger partial charge < -0.3 is 5.73 Å². The Kier molecular flexibility index (Phi) is 3.82. The first-order valence-corrected chi connectivity index (χ1v) is 6.36. The predicted octanol–water partition coefficient (Wildman–Crippen LogP) is 0.0345. The number of aromatic amines is 1. The van der Waals surface area contributed by atoms with Crippen LogP contribution in [-0.4, -0.2) is 19.7 Å². The summed E-state index contributed by atoms with van der Waals surface area (Å²) in [5, 5.41) is 3.39. The summed E-state index contributed by atoms with van der Waals surface area (Å²) >= 11 is 1.18. The lowest BCUT2D eigenvalue weighted by Crippen LogP contribution is -2.33. The van der Waals surface area contributed by atoms with Crippen molar-refractivity contribution in [2.45, 2.75) is 23.1 Å². The second-order valence-electron chi connectivity index (χ2n) is 4.02. The molecule has 0 unspecified atom stereocenters. The Labute approximate surface area is 112 Å². The Morgan fingerprint density at radius 1 is 1.47 bits per heavy atom. The topological polar surface area (TPSA) is 107 Å². The van der Waals surface area contributed by atoms with E-state index in [9.17, 15) is 9.59 Å². The summed E-state index contributed by atoms with van der Waals surface area (Å²) in [7, 11) is 1.60. The average molecular weight is 279 g/mol. The average Bonchev–Trinajstić information content (AvgIpc) is 2.36. The maximum absolute atomic E-state index is 11.2. The van der Waals surface area contributed by atoms with E-state index in [1.54, 1.807) is 13.2 Å². The van der Waals surface area contributed by atoms with Crippen LogP contribution >= 0.6 is 11.8 Å². The molecule has 0 aliphatic rings. The van der Waals surface area contributed by atoms with Gasteiger partial charge in [-0.3, -0.25) is 19.4 Å². The number of aromatic nitrogens is 4. The highest BCUT2D eigenvalue weighted by molar-refractivity contribution is 7.99. The number of hydrogen-bond donors (Lipinski definition) is 2. The van der Waals surface area contributed by atoms with E-state index in [1.165, 1.54) is 16.4 Å². The van der Waals surface area contributed by atoms with Gasteiger partial charge in [0.15, 0.2) is 5.16 Å². The molecule has 0 fully saturated rings. The van der Waals surface area contributed by atoms with Crippen LogP contribution < -0.4 is 16.9 Å². The van der Waals surface area contributed by atoms with Crippen LogP contribution in [0.15, 0.2) is 38.1 Å². The van der Waals surface area contributed by atoms with Crippen LogP contribution in [0, 0.1) is 0 Å². The number of aryl methyl sites for hydroxylation is 1. The number of nitrogens with one attached hydrogen (secondary N) is 1. The van der Waals surface area contributed by atoms with Crippen LogP contribution in [0.1, 0.15) is 18.5 Å². The number of H-pyrrole nitrogens is 1. The molecule has 0 saturated heterocycles. The van der Waals surface area contributed by atoms with Crippen molar-refractivity contribution in [3.63, 3.8) is 0 Å². The third kappa shape index (κ3) is 3.09. The van der Waals surface area contributed by atoms with Crippen LogP contribution in [0.2, 0.25) is 0 Å². The molecule has 2 aromatic rings. The Bertz CT molecular complexity index is 707. The molecule has 7 nitrogen and oxygen atoms in total. The van der Waals surface area contributed by atoms with Gasteiger partial charge in [0.1, 0.15) is 5.03 Å². The molecule has 2 rings (SSSR count). The zero-order valence-corrected chi connectivity index (χ0v) is 11.3. The van der Waals surface area contributed by atoms with Gasteiger partial charge in [0, 0.05) is 19.3 Å². The second kappa shape index (κ2) is 5.37. The Morgan fingerprint density at radius 3 is 2.89 bits per heavy atom. The van der Waals surface area contributed by atoms with Crippen molar-refractivity contribution in [3.8, 4) is 0 Å². The van der Waals surface area contributed by atoms with E-state index in [-0.39, 0.29) is 6.04 Å². The lowest BCUT2D eigenvalue weighted by Gasteiger charge is -2.08. The highest BCUT2D eigenvalue weighted by Gasteiger charge is 2.08. The van der Waals surface area contributed by atoms with Gasteiger partial charge in [0.05, 0.1) is 0 Å². The van der Waals surface area contributed by atoms with Crippen LogP contribution in [0.5, 0.6) is 0 Å². The van der Waals surface area contributed by atoms with Gasteiger partial charge in [0.2, 0.25) is 0 Å². The Hall–Kier alpha value is -1.93. The monoisotopic (exact) mass is 279 g/mol. The first-order chi connectivity index (χ1) is 8.97. The minimum Gasteiger partial charge on any atom is -0.324 e. The molecule has 3 N–H and O–H groups in total. The largest absolute Gasteiger partial charge is 0.339 e. The minimum atomic E-state index is -0.816. The number of hydrogen-bond acceptors (Lipinski definition) is 6. The van der Waals surface area contributed by atoms with Crippen molar-refractivity contribution >= 4 is 11.8 Å². The fourth-order valence-electron chi connectivity index (χ4n) is 1.41. The molecule has 0 aromatic carbocycles. The van der Waals surface area contributed by atoms with E-state index in [0.717, 1.165) is 5.56 Å². The molecule has 2 aromatic heterocycles. The fraction of sp³-hybridized carbons (Fsp3) is 0.273. The SMILES string of the molecule is C[C@H](N)c1ccnc(Sc2nc(=O)c(=O)[nH]n2C)c1. The second-order valence-corrected chi connectivity index (χ2v) is 5.01. The van der Waals surface area contributed by atoms with Crippen LogP contribution in [-0.2, 0) is 7.05 Å². The molecule has 1 atom stereocenters. The van der Waals surface area contributed by atoms with E-state index in [4.69, 9.17) is 5.73 Å². The predicted molar refractivity (Wildman–Crippen MR) is 71.1 cm³/mol. The zero-order valence-electron chi connectivity index (χ0n) is 10.5. The summed E-state index contributed by atoms with van der Waals surface area (Å²) in [5.74, 6) is 0. The standard InChI is InChI=1S/C11H13N5O2S/c1-6(12)7-3-4-13-8(5-7)19-11-14-9(17)10(18)15-16(11)2/h3-6H,12H2,1-2H3,(H,15,18)/t6-/m0/s1. The quantitative estimate of drug-likeness (QED) is 0.768. The third-order valence-corrected chi connectivity index (χ3v) is 3.41. The van der Waals surface area contributed by atoms with E-state index >= 15 is 0 Å². The van der Waals surface area contributed by atoms with Gasteiger partial charge in [-0.1, -0.05) is 0 Å². The van der Waals surface area contributed by atoms with Gasteiger partial charge in [-0.15, -0.1) is 0 Å². The first kappa shape index (κ1) is 13.5. The van der Waals surface area contributed by atoms with Gasteiger partial charge >= 0.3 is 11.1 Å². The van der Waals surface area contributed by atoms with E-state index < -0.39 is 11.1 Å². The van der Waals surface area contributed by atoms with E-state index in [2.05, 4.69) is 15.1 Å². The minimum absolute atomic E-state index is 0.102. The van der Waals surface area contributed by atoms with E-state index in [1.807, 2.05) is 19.1 Å². The highest BCUT2D eigenvalue weighted by Crippen LogP contribution is 2.23. The van der Waals surface area contributed by atoms with Gasteiger partial charge in [-0.05, 0) is 36.4 Å². The summed E-state index contributed by atoms with van der Waals surface area (Å²) in [6, 6.07) is 3.55. The molecular formula is C11H13N5O2S. The molecule has 100 valence electrons. The summed E-state index contributed by atoms with van der Waals surface area (Å²) in [4.78, 5) is 30.2. The zero-order chi connectivity index (χ0) is 14.0. The van der Waals surface area contributed by atoms with Gasteiger partial charge in [-0.25, -0.2) is 4.98 Å². The molecule has 8 heteroatoms. The molecule has 0 aliphatic carbocycles. The first-order valence-electron chi connectivity index (χ1n) is 5.54. The Balaban J connectivity index is 2.36. The van der Waals surface area contributed by atoms with Crippen molar-refractivity contribution < 1.29 is 0 Å². The summed E-state index contributed by atoms with van der Waals surface area (Å²) in [6.45, 7) is 1.87. The number of pyridine rings is 1. The molecule has 0 aliphatic heterocycles. The number of rotatable bonds is 3.